The molecule has 9 heteroatoms. The van der Waals surface area contributed by atoms with Gasteiger partial charge < -0.3 is 9.64 Å². The lowest BCUT2D eigenvalue weighted by Crippen LogP contribution is -2.49. The van der Waals surface area contributed by atoms with E-state index in [2.05, 4.69) is 20.7 Å². The van der Waals surface area contributed by atoms with Crippen molar-refractivity contribution in [1.29, 1.82) is 0 Å². The zero-order valence-corrected chi connectivity index (χ0v) is 18.0. The number of ether oxygens (including phenoxy) is 1. The third-order valence-electron chi connectivity index (χ3n) is 4.17. The summed E-state index contributed by atoms with van der Waals surface area (Å²) in [6.07, 6.45) is 1.15. The van der Waals surface area contributed by atoms with Crippen LogP contribution in [0.3, 0.4) is 0 Å². The highest BCUT2D eigenvalue weighted by Crippen LogP contribution is 2.29. The number of halogens is 2. The lowest BCUT2D eigenvalue weighted by molar-refractivity contribution is -0.139. The number of benzene rings is 1. The Morgan fingerprint density at radius 3 is 2.65 bits per heavy atom. The van der Waals surface area contributed by atoms with Crippen LogP contribution in [-0.4, -0.2) is 50.2 Å². The molecule has 1 N–H and O–H groups in total. The molecule has 1 atom stereocenters. The van der Waals surface area contributed by atoms with Gasteiger partial charge >= 0.3 is 0 Å². The Hall–Kier alpha value is -0.830. The summed E-state index contributed by atoms with van der Waals surface area (Å²) in [6.45, 7) is 4.56. The molecule has 1 aliphatic heterocycles. The summed E-state index contributed by atoms with van der Waals surface area (Å²) >= 11 is 9.28. The number of nitrogens with zero attached hydrogens (tertiary/aromatic N) is 1. The molecule has 1 unspecified atom stereocenters. The molecule has 26 heavy (non-hydrogen) atoms. The number of sulfonamides is 1. The van der Waals surface area contributed by atoms with E-state index in [0.717, 1.165) is 0 Å². The molecular formula is C17H24BrClN2O4S. The summed E-state index contributed by atoms with van der Waals surface area (Å²) in [6, 6.07) is 5.01. The van der Waals surface area contributed by atoms with Gasteiger partial charge in [0.1, 0.15) is 5.75 Å². The van der Waals surface area contributed by atoms with Crippen molar-refractivity contribution in [3.05, 3.63) is 27.7 Å². The standard InChI is InChI=1S/C17H24BrClN2O4S/c1-3-10-26(23,24)20-14-6-8-21(9-7-14)17(22)12(2)25-16-5-4-13(19)11-15(16)18/h4-5,11-12,14,20H,3,6-10H2,1-2H3. The first-order valence-electron chi connectivity index (χ1n) is 8.62. The molecule has 1 saturated heterocycles. The number of hydrogen-bond acceptors (Lipinski definition) is 4. The summed E-state index contributed by atoms with van der Waals surface area (Å²) in [5, 5.41) is 0.579. The fourth-order valence-electron chi connectivity index (χ4n) is 2.87. The van der Waals surface area contributed by atoms with Gasteiger partial charge in [0.25, 0.3) is 5.91 Å². The second-order valence-corrected chi connectivity index (χ2v) is 9.54. The van der Waals surface area contributed by atoms with Gasteiger partial charge in [-0.15, -0.1) is 0 Å². The first-order valence-corrected chi connectivity index (χ1v) is 11.4. The molecule has 1 fully saturated rings. The van der Waals surface area contributed by atoms with Crippen LogP contribution in [0.2, 0.25) is 5.02 Å². The number of carbonyl (C=O) groups excluding carboxylic acids is 1. The van der Waals surface area contributed by atoms with E-state index in [-0.39, 0.29) is 17.7 Å². The number of carbonyl (C=O) groups is 1. The highest BCUT2D eigenvalue weighted by atomic mass is 79.9. The first kappa shape index (κ1) is 21.5. The second-order valence-electron chi connectivity index (χ2n) is 6.37. The van der Waals surface area contributed by atoms with Gasteiger partial charge in [-0.05, 0) is 60.3 Å². The van der Waals surface area contributed by atoms with E-state index >= 15 is 0 Å². The third kappa shape index (κ3) is 6.11. The van der Waals surface area contributed by atoms with Crippen LogP contribution < -0.4 is 9.46 Å². The topological polar surface area (TPSA) is 75.7 Å². The average molecular weight is 468 g/mol. The smallest absolute Gasteiger partial charge is 0.263 e. The molecule has 1 aliphatic rings. The first-order chi connectivity index (χ1) is 12.2. The van der Waals surface area contributed by atoms with Crippen LogP contribution in [0.1, 0.15) is 33.1 Å². The van der Waals surface area contributed by atoms with Gasteiger partial charge in [-0.25, -0.2) is 13.1 Å². The Morgan fingerprint density at radius 2 is 2.08 bits per heavy atom. The summed E-state index contributed by atoms with van der Waals surface area (Å²) in [5.41, 5.74) is 0. The average Bonchev–Trinajstić information content (AvgIpc) is 2.57. The van der Waals surface area contributed by atoms with Crippen molar-refractivity contribution < 1.29 is 17.9 Å². The van der Waals surface area contributed by atoms with Crippen LogP contribution in [0.5, 0.6) is 5.75 Å². The largest absolute Gasteiger partial charge is 0.480 e. The maximum Gasteiger partial charge on any atom is 0.263 e. The number of amides is 1. The van der Waals surface area contributed by atoms with E-state index in [9.17, 15) is 13.2 Å². The van der Waals surface area contributed by atoms with Crippen LogP contribution in [0.15, 0.2) is 22.7 Å². The molecule has 1 aromatic rings. The Kier molecular flexibility index (Phi) is 7.76. The number of rotatable bonds is 7. The van der Waals surface area contributed by atoms with E-state index in [4.69, 9.17) is 16.3 Å². The summed E-state index contributed by atoms with van der Waals surface area (Å²) < 4.78 is 32.9. The van der Waals surface area contributed by atoms with E-state index in [1.165, 1.54) is 0 Å². The number of hydrogen-bond donors (Lipinski definition) is 1. The molecule has 0 aliphatic carbocycles. The summed E-state index contributed by atoms with van der Waals surface area (Å²) in [5.74, 6) is 0.576. The Labute approximate surface area is 168 Å². The van der Waals surface area contributed by atoms with Gasteiger partial charge in [0, 0.05) is 24.2 Å². The monoisotopic (exact) mass is 466 g/mol. The van der Waals surface area contributed by atoms with Crippen LogP contribution in [0, 0.1) is 0 Å². The van der Waals surface area contributed by atoms with Gasteiger partial charge in [0.15, 0.2) is 6.10 Å². The predicted molar refractivity (Wildman–Crippen MR) is 106 cm³/mol. The van der Waals surface area contributed by atoms with Crippen molar-refractivity contribution in [3.63, 3.8) is 0 Å². The molecule has 0 bridgehead atoms. The molecule has 146 valence electrons. The lowest BCUT2D eigenvalue weighted by atomic mass is 10.1. The fraction of sp³-hybridized carbons (Fsp3) is 0.588. The van der Waals surface area contributed by atoms with Gasteiger partial charge in [0.2, 0.25) is 10.0 Å². The lowest BCUT2D eigenvalue weighted by Gasteiger charge is -2.33. The zero-order valence-electron chi connectivity index (χ0n) is 14.9. The fourth-order valence-corrected chi connectivity index (χ4v) is 5.04. The Morgan fingerprint density at radius 1 is 1.42 bits per heavy atom. The highest BCUT2D eigenvalue weighted by Gasteiger charge is 2.29. The number of nitrogens with one attached hydrogen (secondary N) is 1. The zero-order chi connectivity index (χ0) is 19.3. The maximum absolute atomic E-state index is 12.6. The second kappa shape index (κ2) is 9.39. The number of piperidine rings is 1. The normalized spacial score (nSPS) is 17.2. The maximum atomic E-state index is 12.6. The molecule has 1 amide bonds. The third-order valence-corrected chi connectivity index (χ3v) is 6.66. The minimum absolute atomic E-state index is 0.110. The van der Waals surface area contributed by atoms with Gasteiger partial charge in [-0.1, -0.05) is 18.5 Å². The van der Waals surface area contributed by atoms with E-state index in [1.54, 1.807) is 30.0 Å². The molecule has 2 rings (SSSR count). The van der Waals surface area contributed by atoms with Gasteiger partial charge in [-0.3, -0.25) is 4.79 Å². The van der Waals surface area contributed by atoms with Crippen LogP contribution in [0.4, 0.5) is 0 Å². The Bertz CT molecular complexity index is 736. The van der Waals surface area contributed by atoms with Crippen molar-refractivity contribution in [2.75, 3.05) is 18.8 Å². The van der Waals surface area contributed by atoms with Gasteiger partial charge in [0.05, 0.1) is 10.2 Å². The van der Waals surface area contributed by atoms with Crippen molar-refractivity contribution in [2.24, 2.45) is 0 Å². The molecule has 0 aromatic heterocycles. The SMILES string of the molecule is CCCS(=O)(=O)NC1CCN(C(=O)C(C)Oc2ccc(Cl)cc2Br)CC1. The van der Waals surface area contributed by atoms with Crippen molar-refractivity contribution in [3.8, 4) is 5.75 Å². The number of likely N-dealkylation sites (tertiary alicyclic amines) is 1. The quantitative estimate of drug-likeness (QED) is 0.668. The minimum Gasteiger partial charge on any atom is -0.480 e. The summed E-state index contributed by atoms with van der Waals surface area (Å²) in [4.78, 5) is 14.3. The van der Waals surface area contributed by atoms with E-state index in [0.29, 0.717) is 47.6 Å². The van der Waals surface area contributed by atoms with Gasteiger partial charge in [-0.2, -0.15) is 0 Å². The van der Waals surface area contributed by atoms with Crippen LogP contribution in [0.25, 0.3) is 0 Å². The van der Waals surface area contributed by atoms with Crippen LogP contribution in [-0.2, 0) is 14.8 Å². The molecular weight excluding hydrogens is 444 g/mol. The van der Waals surface area contributed by atoms with E-state index in [1.807, 2.05) is 6.92 Å². The highest BCUT2D eigenvalue weighted by molar-refractivity contribution is 9.10. The Balaban J connectivity index is 1.87. The van der Waals surface area contributed by atoms with E-state index < -0.39 is 16.1 Å². The molecule has 0 saturated carbocycles. The predicted octanol–water partition coefficient (Wildman–Crippen LogP) is 3.19. The summed E-state index contributed by atoms with van der Waals surface area (Å²) in [7, 11) is -3.23. The van der Waals surface area contributed by atoms with Crippen LogP contribution >= 0.6 is 27.5 Å². The molecule has 6 nitrogen and oxygen atoms in total. The minimum atomic E-state index is -3.23. The molecule has 0 radical (unpaired) electrons. The van der Waals surface area contributed by atoms with Crippen molar-refractivity contribution >= 4 is 43.5 Å². The molecule has 1 heterocycles. The van der Waals surface area contributed by atoms with Crippen molar-refractivity contribution in [1.82, 2.24) is 9.62 Å². The molecule has 0 spiro atoms. The van der Waals surface area contributed by atoms with Crippen molar-refractivity contribution in [2.45, 2.75) is 45.3 Å². The molecule has 1 aromatic carbocycles.